The van der Waals surface area contributed by atoms with E-state index in [-0.39, 0.29) is 0 Å². The van der Waals surface area contributed by atoms with E-state index in [1.807, 2.05) is 4.68 Å². The first-order chi connectivity index (χ1) is 7.11. The van der Waals surface area contributed by atoms with Gasteiger partial charge >= 0.3 is 0 Å². The average Bonchev–Trinajstić information content (AvgIpc) is 2.61. The average molecular weight is 211 g/mol. The molecule has 1 unspecified atom stereocenters. The van der Waals surface area contributed by atoms with Crippen LogP contribution in [-0.4, -0.2) is 23.4 Å². The maximum atomic E-state index is 5.58. The van der Waals surface area contributed by atoms with Crippen molar-refractivity contribution < 1.29 is 4.74 Å². The number of nitrogens with zero attached hydrogens (tertiary/aromatic N) is 2. The first kappa shape index (κ1) is 12.0. The van der Waals surface area contributed by atoms with Gasteiger partial charge in [-0.2, -0.15) is 5.10 Å². The van der Waals surface area contributed by atoms with Crippen LogP contribution < -0.4 is 10.5 Å². The van der Waals surface area contributed by atoms with Gasteiger partial charge in [-0.3, -0.25) is 4.68 Å². The monoisotopic (exact) mass is 211 g/mol. The van der Waals surface area contributed by atoms with Crippen molar-refractivity contribution in [1.29, 1.82) is 0 Å². The van der Waals surface area contributed by atoms with E-state index >= 15 is 0 Å². The molecule has 0 amide bonds. The number of methoxy groups -OCH3 is 1. The molecule has 0 saturated carbocycles. The third kappa shape index (κ3) is 2.50. The predicted octanol–water partition coefficient (Wildman–Crippen LogP) is 1.92. The molecule has 0 saturated heterocycles. The first-order valence-electron chi connectivity index (χ1n) is 5.43. The van der Waals surface area contributed by atoms with Crippen LogP contribution in [0.25, 0.3) is 0 Å². The molecule has 1 heterocycles. The van der Waals surface area contributed by atoms with Crippen molar-refractivity contribution in [3.8, 4) is 5.75 Å². The Bertz CT molecular complexity index is 307. The van der Waals surface area contributed by atoms with Gasteiger partial charge in [0.1, 0.15) is 0 Å². The molecule has 0 radical (unpaired) electrons. The fourth-order valence-electron chi connectivity index (χ4n) is 1.78. The van der Waals surface area contributed by atoms with Crippen molar-refractivity contribution >= 4 is 0 Å². The molecule has 0 spiro atoms. The van der Waals surface area contributed by atoms with E-state index in [4.69, 9.17) is 10.5 Å². The van der Waals surface area contributed by atoms with Crippen LogP contribution in [0.2, 0.25) is 0 Å². The molecule has 1 aromatic heterocycles. The minimum absolute atomic E-state index is 0.351. The highest BCUT2D eigenvalue weighted by molar-refractivity contribution is 5.28. The van der Waals surface area contributed by atoms with Crippen LogP contribution >= 0.6 is 0 Å². The van der Waals surface area contributed by atoms with Crippen LogP contribution in [0.1, 0.15) is 44.8 Å². The number of aromatic nitrogens is 2. The third-order valence-corrected chi connectivity index (χ3v) is 2.57. The standard InChI is InChI=1S/C11H21N3O/c1-8(2)14-11(9(3)5-6-12)10(15-4)7-13-14/h7-9H,5-6,12H2,1-4H3. The molecule has 0 aliphatic heterocycles. The van der Waals surface area contributed by atoms with E-state index in [2.05, 4.69) is 25.9 Å². The zero-order valence-corrected chi connectivity index (χ0v) is 10.0. The summed E-state index contributed by atoms with van der Waals surface area (Å²) in [5, 5.41) is 4.34. The minimum Gasteiger partial charge on any atom is -0.493 e. The van der Waals surface area contributed by atoms with E-state index in [0.29, 0.717) is 18.5 Å². The number of rotatable bonds is 5. The molecule has 0 aliphatic carbocycles. The summed E-state index contributed by atoms with van der Waals surface area (Å²) in [6.45, 7) is 7.08. The quantitative estimate of drug-likeness (QED) is 0.809. The van der Waals surface area contributed by atoms with Crippen LogP contribution in [0.4, 0.5) is 0 Å². The molecule has 0 aromatic carbocycles. The van der Waals surface area contributed by atoms with Gasteiger partial charge in [-0.15, -0.1) is 0 Å². The molecule has 0 aliphatic rings. The Labute approximate surface area is 91.4 Å². The molecule has 15 heavy (non-hydrogen) atoms. The Morgan fingerprint density at radius 2 is 2.13 bits per heavy atom. The van der Waals surface area contributed by atoms with Gasteiger partial charge in [-0.25, -0.2) is 0 Å². The fourth-order valence-corrected chi connectivity index (χ4v) is 1.78. The van der Waals surface area contributed by atoms with Crippen molar-refractivity contribution in [3.63, 3.8) is 0 Å². The van der Waals surface area contributed by atoms with Gasteiger partial charge < -0.3 is 10.5 Å². The van der Waals surface area contributed by atoms with Gasteiger partial charge in [0.25, 0.3) is 0 Å². The van der Waals surface area contributed by atoms with Crippen LogP contribution in [-0.2, 0) is 0 Å². The lowest BCUT2D eigenvalue weighted by Gasteiger charge is -2.17. The van der Waals surface area contributed by atoms with Crippen molar-refractivity contribution in [2.75, 3.05) is 13.7 Å². The zero-order chi connectivity index (χ0) is 11.4. The number of ether oxygens (including phenoxy) is 1. The molecule has 1 aromatic rings. The lowest BCUT2D eigenvalue weighted by atomic mass is 10.0. The van der Waals surface area contributed by atoms with E-state index in [1.54, 1.807) is 13.3 Å². The molecule has 4 nitrogen and oxygen atoms in total. The number of nitrogens with two attached hydrogens (primary N) is 1. The molecule has 1 rings (SSSR count). The maximum Gasteiger partial charge on any atom is 0.160 e. The summed E-state index contributed by atoms with van der Waals surface area (Å²) in [5.41, 5.74) is 6.73. The largest absolute Gasteiger partial charge is 0.493 e. The summed E-state index contributed by atoms with van der Waals surface area (Å²) in [6.07, 6.45) is 2.73. The van der Waals surface area contributed by atoms with Gasteiger partial charge in [0, 0.05) is 12.0 Å². The SMILES string of the molecule is COc1cnn(C(C)C)c1C(C)CCN. The Morgan fingerprint density at radius 1 is 1.47 bits per heavy atom. The summed E-state index contributed by atoms with van der Waals surface area (Å²) >= 11 is 0. The Balaban J connectivity index is 3.04. The third-order valence-electron chi connectivity index (χ3n) is 2.57. The topological polar surface area (TPSA) is 53.1 Å². The number of hydrogen-bond acceptors (Lipinski definition) is 3. The van der Waals surface area contributed by atoms with E-state index in [0.717, 1.165) is 17.9 Å². The smallest absolute Gasteiger partial charge is 0.160 e. The van der Waals surface area contributed by atoms with Gasteiger partial charge in [-0.05, 0) is 26.8 Å². The molecule has 0 fully saturated rings. The highest BCUT2D eigenvalue weighted by Crippen LogP contribution is 2.30. The van der Waals surface area contributed by atoms with Crippen molar-refractivity contribution in [2.24, 2.45) is 5.73 Å². The van der Waals surface area contributed by atoms with Crippen molar-refractivity contribution in [1.82, 2.24) is 9.78 Å². The molecule has 2 N–H and O–H groups in total. The second-order valence-corrected chi connectivity index (χ2v) is 4.11. The summed E-state index contributed by atoms with van der Waals surface area (Å²) in [6, 6.07) is 0.351. The summed E-state index contributed by atoms with van der Waals surface area (Å²) < 4.78 is 7.33. The Kier molecular flexibility index (Phi) is 4.15. The maximum absolute atomic E-state index is 5.58. The Hall–Kier alpha value is -1.03. The molecular weight excluding hydrogens is 190 g/mol. The summed E-state index contributed by atoms with van der Waals surface area (Å²) in [5.74, 6) is 1.25. The van der Waals surface area contributed by atoms with Crippen LogP contribution in [0.5, 0.6) is 5.75 Å². The lowest BCUT2D eigenvalue weighted by Crippen LogP contribution is -2.13. The molecule has 1 atom stereocenters. The van der Waals surface area contributed by atoms with E-state index in [9.17, 15) is 0 Å². The molecule has 4 heteroatoms. The highest BCUT2D eigenvalue weighted by atomic mass is 16.5. The molecule has 0 bridgehead atoms. The predicted molar refractivity (Wildman–Crippen MR) is 61.3 cm³/mol. The molecular formula is C11H21N3O. The second-order valence-electron chi connectivity index (χ2n) is 4.11. The first-order valence-corrected chi connectivity index (χ1v) is 5.43. The fraction of sp³-hybridized carbons (Fsp3) is 0.727. The second kappa shape index (κ2) is 5.16. The Morgan fingerprint density at radius 3 is 2.60 bits per heavy atom. The van der Waals surface area contributed by atoms with Crippen LogP contribution in [0.3, 0.4) is 0 Å². The van der Waals surface area contributed by atoms with E-state index < -0.39 is 0 Å². The summed E-state index contributed by atoms with van der Waals surface area (Å²) in [4.78, 5) is 0. The van der Waals surface area contributed by atoms with Gasteiger partial charge in [0.15, 0.2) is 5.75 Å². The summed E-state index contributed by atoms with van der Waals surface area (Å²) in [7, 11) is 1.68. The number of hydrogen-bond donors (Lipinski definition) is 1. The van der Waals surface area contributed by atoms with Gasteiger partial charge in [0.05, 0.1) is 19.0 Å². The lowest BCUT2D eigenvalue weighted by molar-refractivity contribution is 0.396. The normalized spacial score (nSPS) is 13.2. The molecule has 86 valence electrons. The van der Waals surface area contributed by atoms with E-state index in [1.165, 1.54) is 0 Å². The van der Waals surface area contributed by atoms with Crippen LogP contribution in [0, 0.1) is 0 Å². The van der Waals surface area contributed by atoms with Gasteiger partial charge in [-0.1, -0.05) is 6.92 Å². The zero-order valence-electron chi connectivity index (χ0n) is 10.0. The van der Waals surface area contributed by atoms with Crippen LogP contribution in [0.15, 0.2) is 6.20 Å². The van der Waals surface area contributed by atoms with Gasteiger partial charge in [0.2, 0.25) is 0 Å². The highest BCUT2D eigenvalue weighted by Gasteiger charge is 2.18. The minimum atomic E-state index is 0.351. The van der Waals surface area contributed by atoms with Crippen molar-refractivity contribution in [3.05, 3.63) is 11.9 Å². The van der Waals surface area contributed by atoms with Crippen molar-refractivity contribution in [2.45, 2.75) is 39.2 Å².